The minimum atomic E-state index is -3.98. The summed E-state index contributed by atoms with van der Waals surface area (Å²) in [5.74, 6) is -0.470. The van der Waals surface area contributed by atoms with Crippen LogP contribution in [-0.2, 0) is 26.0 Å². The van der Waals surface area contributed by atoms with E-state index in [1.165, 1.54) is 38.3 Å². The number of methoxy groups -OCH3 is 1. The Morgan fingerprint density at radius 2 is 1.70 bits per heavy atom. The van der Waals surface area contributed by atoms with E-state index in [1.54, 1.807) is 18.2 Å². The third-order valence-electron chi connectivity index (χ3n) is 5.47. The van der Waals surface area contributed by atoms with E-state index in [0.29, 0.717) is 34.7 Å². The second-order valence-corrected chi connectivity index (χ2v) is 10.0. The Morgan fingerprint density at radius 3 is 2.27 bits per heavy atom. The molecule has 1 fully saturated rings. The zero-order chi connectivity index (χ0) is 21.9. The Kier molecular flexibility index (Phi) is 6.53. The quantitative estimate of drug-likeness (QED) is 0.459. The van der Waals surface area contributed by atoms with Crippen LogP contribution in [0.5, 0.6) is 5.75 Å². The fourth-order valence-corrected chi connectivity index (χ4v) is 5.93. The number of ether oxygens (including phenoxy) is 2. The molecule has 30 heavy (non-hydrogen) atoms. The van der Waals surface area contributed by atoms with Crippen molar-refractivity contribution in [3.8, 4) is 5.75 Å². The van der Waals surface area contributed by atoms with Gasteiger partial charge in [-0.3, -0.25) is 9.59 Å². The molecular formula is C22H23ClO6S. The summed E-state index contributed by atoms with van der Waals surface area (Å²) in [4.78, 5) is 24.8. The summed E-state index contributed by atoms with van der Waals surface area (Å²) in [5, 5.41) is 0.412. The number of carbonyl (C=O) groups is 2. The predicted molar refractivity (Wildman–Crippen MR) is 113 cm³/mol. The molecule has 2 aromatic carbocycles. The standard InChI is InChI=1S/C22H23ClO6S/c1-15(24)16-5-10-20(28-2)17(13-16)14-29-21(25)22(11-3-4-12-22)30(26,27)19-8-6-18(23)7-9-19/h5-10,13H,3-4,11-12,14H2,1-2H3. The molecule has 0 heterocycles. The second kappa shape index (κ2) is 8.78. The van der Waals surface area contributed by atoms with Crippen LogP contribution in [0.4, 0.5) is 0 Å². The summed E-state index contributed by atoms with van der Waals surface area (Å²) in [7, 11) is -2.51. The number of ketones is 1. The van der Waals surface area contributed by atoms with Gasteiger partial charge in [0.25, 0.3) is 0 Å². The van der Waals surface area contributed by atoms with E-state index < -0.39 is 20.6 Å². The molecule has 0 radical (unpaired) electrons. The highest BCUT2D eigenvalue weighted by molar-refractivity contribution is 7.93. The van der Waals surface area contributed by atoms with Crippen LogP contribution in [0.1, 0.15) is 48.5 Å². The van der Waals surface area contributed by atoms with E-state index in [4.69, 9.17) is 21.1 Å². The molecular weight excluding hydrogens is 428 g/mol. The zero-order valence-electron chi connectivity index (χ0n) is 16.8. The van der Waals surface area contributed by atoms with Gasteiger partial charge in [-0.2, -0.15) is 0 Å². The lowest BCUT2D eigenvalue weighted by atomic mass is 10.1. The normalized spacial score (nSPS) is 15.6. The lowest BCUT2D eigenvalue weighted by molar-refractivity contribution is -0.148. The Morgan fingerprint density at radius 1 is 1.07 bits per heavy atom. The smallest absolute Gasteiger partial charge is 0.328 e. The predicted octanol–water partition coefficient (Wildman–Crippen LogP) is 4.38. The topological polar surface area (TPSA) is 86.7 Å². The maximum atomic E-state index is 13.4. The van der Waals surface area contributed by atoms with Gasteiger partial charge in [0.05, 0.1) is 12.0 Å². The van der Waals surface area contributed by atoms with Crippen molar-refractivity contribution in [2.24, 2.45) is 0 Å². The van der Waals surface area contributed by atoms with E-state index >= 15 is 0 Å². The van der Waals surface area contributed by atoms with Crippen LogP contribution in [0.3, 0.4) is 0 Å². The van der Waals surface area contributed by atoms with E-state index in [2.05, 4.69) is 0 Å². The Labute approximate surface area is 181 Å². The molecule has 0 aliphatic heterocycles. The lowest BCUT2D eigenvalue weighted by Gasteiger charge is -2.27. The molecule has 0 aromatic heterocycles. The van der Waals surface area contributed by atoms with Gasteiger partial charge in [-0.15, -0.1) is 0 Å². The van der Waals surface area contributed by atoms with Gasteiger partial charge in [0, 0.05) is 16.1 Å². The number of hydrogen-bond donors (Lipinski definition) is 0. The number of halogens is 1. The van der Waals surface area contributed by atoms with E-state index in [1.807, 2.05) is 0 Å². The van der Waals surface area contributed by atoms with Crippen molar-refractivity contribution in [1.29, 1.82) is 0 Å². The van der Waals surface area contributed by atoms with Crippen molar-refractivity contribution < 1.29 is 27.5 Å². The van der Waals surface area contributed by atoms with Gasteiger partial charge in [-0.25, -0.2) is 8.42 Å². The van der Waals surface area contributed by atoms with E-state index in [0.717, 1.165) is 0 Å². The summed E-state index contributed by atoms with van der Waals surface area (Å²) in [5.41, 5.74) is 0.946. The molecule has 1 saturated carbocycles. The first-order chi connectivity index (χ1) is 14.2. The molecule has 8 heteroatoms. The third-order valence-corrected chi connectivity index (χ3v) is 8.22. The molecule has 0 spiro atoms. The van der Waals surface area contributed by atoms with Gasteiger partial charge >= 0.3 is 5.97 Å². The van der Waals surface area contributed by atoms with Gasteiger partial charge < -0.3 is 9.47 Å². The number of hydrogen-bond acceptors (Lipinski definition) is 6. The first-order valence-electron chi connectivity index (χ1n) is 9.56. The fraction of sp³-hybridized carbons (Fsp3) is 0.364. The van der Waals surface area contributed by atoms with Crippen molar-refractivity contribution in [1.82, 2.24) is 0 Å². The minimum Gasteiger partial charge on any atom is -0.496 e. The monoisotopic (exact) mass is 450 g/mol. The van der Waals surface area contributed by atoms with Crippen LogP contribution in [0.2, 0.25) is 5.02 Å². The maximum absolute atomic E-state index is 13.4. The van der Waals surface area contributed by atoms with Crippen LogP contribution in [0, 0.1) is 0 Å². The highest BCUT2D eigenvalue weighted by atomic mass is 35.5. The zero-order valence-corrected chi connectivity index (χ0v) is 18.4. The molecule has 1 aliphatic carbocycles. The largest absolute Gasteiger partial charge is 0.496 e. The molecule has 0 unspecified atom stereocenters. The lowest BCUT2D eigenvalue weighted by Crippen LogP contribution is -2.45. The van der Waals surface area contributed by atoms with Gasteiger partial charge in [-0.05, 0) is 62.2 Å². The minimum absolute atomic E-state index is 0.0434. The number of rotatable bonds is 7. The van der Waals surface area contributed by atoms with Crippen molar-refractivity contribution in [3.63, 3.8) is 0 Å². The molecule has 0 N–H and O–H groups in total. The molecule has 3 rings (SSSR count). The van der Waals surface area contributed by atoms with Gasteiger partial charge in [0.2, 0.25) is 0 Å². The highest BCUT2D eigenvalue weighted by Gasteiger charge is 2.54. The molecule has 0 amide bonds. The number of carbonyl (C=O) groups excluding carboxylic acids is 2. The Bertz CT molecular complexity index is 1050. The number of Topliss-reactive ketones (excluding diaryl/α,β-unsaturated/α-hetero) is 1. The van der Waals surface area contributed by atoms with Crippen LogP contribution >= 0.6 is 11.6 Å². The third kappa shape index (κ3) is 4.09. The first-order valence-corrected chi connectivity index (χ1v) is 11.4. The van der Waals surface area contributed by atoms with Crippen LogP contribution in [0.15, 0.2) is 47.4 Å². The van der Waals surface area contributed by atoms with Crippen molar-refractivity contribution in [2.45, 2.75) is 48.9 Å². The van der Waals surface area contributed by atoms with Gasteiger partial charge in [0.15, 0.2) is 20.4 Å². The van der Waals surface area contributed by atoms with Crippen LogP contribution in [0.25, 0.3) is 0 Å². The SMILES string of the molecule is COc1ccc(C(C)=O)cc1COC(=O)C1(S(=O)(=O)c2ccc(Cl)cc2)CCCC1. The highest BCUT2D eigenvalue weighted by Crippen LogP contribution is 2.42. The van der Waals surface area contributed by atoms with Gasteiger partial charge in [0.1, 0.15) is 12.4 Å². The number of sulfone groups is 1. The van der Waals surface area contributed by atoms with Crippen molar-refractivity contribution in [3.05, 3.63) is 58.6 Å². The summed E-state index contributed by atoms with van der Waals surface area (Å²) < 4.78 is 35.9. The van der Waals surface area contributed by atoms with Crippen molar-refractivity contribution in [2.75, 3.05) is 7.11 Å². The Balaban J connectivity index is 1.89. The molecule has 6 nitrogen and oxygen atoms in total. The molecule has 0 bridgehead atoms. The van der Waals surface area contributed by atoms with Gasteiger partial charge in [-0.1, -0.05) is 24.4 Å². The second-order valence-electron chi connectivity index (χ2n) is 7.32. The van der Waals surface area contributed by atoms with Crippen molar-refractivity contribution >= 4 is 33.2 Å². The molecule has 160 valence electrons. The molecule has 0 saturated heterocycles. The summed E-state index contributed by atoms with van der Waals surface area (Å²) in [6.45, 7) is 1.24. The van der Waals surface area contributed by atoms with E-state index in [9.17, 15) is 18.0 Å². The van der Waals surface area contributed by atoms with Crippen LogP contribution < -0.4 is 4.74 Å². The average Bonchev–Trinajstić information content (AvgIpc) is 3.24. The average molecular weight is 451 g/mol. The number of benzene rings is 2. The summed E-state index contributed by atoms with van der Waals surface area (Å²) >= 11 is 5.88. The molecule has 0 atom stereocenters. The maximum Gasteiger partial charge on any atom is 0.328 e. The summed E-state index contributed by atoms with van der Waals surface area (Å²) in [6, 6.07) is 10.6. The summed E-state index contributed by atoms with van der Waals surface area (Å²) in [6.07, 6.45) is 1.62. The molecule has 2 aromatic rings. The molecule has 1 aliphatic rings. The Hall–Kier alpha value is -2.38. The van der Waals surface area contributed by atoms with Crippen LogP contribution in [-0.4, -0.2) is 32.0 Å². The van der Waals surface area contributed by atoms with E-state index in [-0.39, 0.29) is 30.1 Å². The number of esters is 1. The fourth-order valence-electron chi connectivity index (χ4n) is 3.75. The first kappa shape index (κ1) is 22.3.